The van der Waals surface area contributed by atoms with E-state index in [2.05, 4.69) is 31.8 Å². The van der Waals surface area contributed by atoms with Crippen molar-refractivity contribution in [1.29, 1.82) is 0 Å². The number of unbranched alkanes of at least 4 members (excludes halogenated alkanes) is 6. The summed E-state index contributed by atoms with van der Waals surface area (Å²) < 4.78 is 6.05. The Bertz CT molecular complexity index is 656. The van der Waals surface area contributed by atoms with Gasteiger partial charge in [-0.2, -0.15) is 0 Å². The number of aromatic nitrogens is 2. The Morgan fingerprint density at radius 1 is 0.926 bits per heavy atom. The van der Waals surface area contributed by atoms with Gasteiger partial charge in [-0.25, -0.2) is 9.97 Å². The van der Waals surface area contributed by atoms with Crippen LogP contribution in [0.1, 0.15) is 77.8 Å². The summed E-state index contributed by atoms with van der Waals surface area (Å²) in [6.45, 7) is 7.39. The van der Waals surface area contributed by atoms with Crippen LogP contribution in [0.5, 0.6) is 5.75 Å². The van der Waals surface area contributed by atoms with Gasteiger partial charge in [-0.3, -0.25) is 0 Å². The van der Waals surface area contributed by atoms with E-state index in [0.717, 1.165) is 42.3 Å². The van der Waals surface area contributed by atoms with Crippen LogP contribution < -0.4 is 4.74 Å². The quantitative estimate of drug-likeness (QED) is 0.362. The van der Waals surface area contributed by atoms with Gasteiger partial charge in [0.1, 0.15) is 5.75 Å². The summed E-state index contributed by atoms with van der Waals surface area (Å²) in [6.07, 6.45) is 13.3. The highest BCUT2D eigenvalue weighted by molar-refractivity contribution is 5.63. The van der Waals surface area contributed by atoms with Crippen LogP contribution in [-0.2, 0) is 6.42 Å². The Labute approximate surface area is 165 Å². The number of para-hydroxylation sites is 1. The summed E-state index contributed by atoms with van der Waals surface area (Å²) in [4.78, 5) is 9.31. The maximum absolute atomic E-state index is 6.05. The Morgan fingerprint density at radius 2 is 1.67 bits per heavy atom. The highest BCUT2D eigenvalue weighted by atomic mass is 16.5. The minimum absolute atomic E-state index is 0.544. The van der Waals surface area contributed by atoms with Gasteiger partial charge in [0.15, 0.2) is 5.82 Å². The van der Waals surface area contributed by atoms with Crippen LogP contribution in [0.3, 0.4) is 0 Å². The minimum atomic E-state index is 0.544. The first-order chi connectivity index (χ1) is 13.2. The lowest BCUT2D eigenvalue weighted by atomic mass is 10.1. The molecule has 0 saturated carbocycles. The molecule has 1 aromatic carbocycles. The molecule has 0 aliphatic carbocycles. The summed E-state index contributed by atoms with van der Waals surface area (Å²) >= 11 is 0. The molecule has 1 unspecified atom stereocenters. The molecule has 0 aliphatic heterocycles. The van der Waals surface area contributed by atoms with E-state index < -0.39 is 0 Å². The molecule has 0 bridgehead atoms. The van der Waals surface area contributed by atoms with Gasteiger partial charge in [-0.05, 0) is 37.0 Å². The van der Waals surface area contributed by atoms with Gasteiger partial charge in [0, 0.05) is 11.9 Å². The van der Waals surface area contributed by atoms with Gasteiger partial charge in [0.25, 0.3) is 0 Å². The molecule has 0 fully saturated rings. The molecule has 148 valence electrons. The van der Waals surface area contributed by atoms with Gasteiger partial charge in [0.2, 0.25) is 0 Å². The van der Waals surface area contributed by atoms with Gasteiger partial charge in [-0.1, -0.05) is 77.8 Å². The van der Waals surface area contributed by atoms with E-state index in [-0.39, 0.29) is 0 Å². The van der Waals surface area contributed by atoms with E-state index in [4.69, 9.17) is 9.72 Å². The Kier molecular flexibility index (Phi) is 9.89. The number of aryl methyl sites for hydroxylation is 1. The fraction of sp³-hybridized carbons (Fsp3) is 0.583. The monoisotopic (exact) mass is 368 g/mol. The van der Waals surface area contributed by atoms with Crippen LogP contribution in [0.25, 0.3) is 11.4 Å². The van der Waals surface area contributed by atoms with Gasteiger partial charge in [-0.15, -0.1) is 0 Å². The second-order valence-corrected chi connectivity index (χ2v) is 7.56. The molecule has 0 N–H and O–H groups in total. The summed E-state index contributed by atoms with van der Waals surface area (Å²) in [5.41, 5.74) is 2.12. The predicted molar refractivity (Wildman–Crippen MR) is 114 cm³/mol. The van der Waals surface area contributed by atoms with Crippen molar-refractivity contribution in [2.24, 2.45) is 5.92 Å². The zero-order valence-electron chi connectivity index (χ0n) is 17.4. The number of ether oxygens (including phenoxy) is 1. The number of hydrogen-bond donors (Lipinski definition) is 0. The maximum Gasteiger partial charge on any atom is 0.163 e. The van der Waals surface area contributed by atoms with Crippen LogP contribution in [0, 0.1) is 5.92 Å². The molecule has 0 aliphatic rings. The van der Waals surface area contributed by atoms with Crippen molar-refractivity contribution >= 4 is 0 Å². The number of benzene rings is 1. The first kappa shape index (κ1) is 21.4. The van der Waals surface area contributed by atoms with Crippen molar-refractivity contribution < 1.29 is 4.74 Å². The van der Waals surface area contributed by atoms with Crippen LogP contribution in [0.15, 0.2) is 36.5 Å². The molecule has 0 radical (unpaired) electrons. The average molecular weight is 369 g/mol. The Hall–Kier alpha value is -1.90. The molecule has 0 spiro atoms. The van der Waals surface area contributed by atoms with E-state index in [0.29, 0.717) is 5.92 Å². The minimum Gasteiger partial charge on any atom is -0.493 e. The standard InChI is InChI=1S/C24H36N2O/c1-4-6-7-8-9-10-11-14-21-17-18-25-24(26-21)22-15-12-13-16-23(22)27-19-20(3)5-2/h12-13,15-18,20H,4-11,14,19H2,1-3H3. The first-order valence-corrected chi connectivity index (χ1v) is 10.8. The molecule has 2 aromatic rings. The van der Waals surface area contributed by atoms with E-state index in [1.165, 1.54) is 44.9 Å². The number of nitrogens with zero attached hydrogens (tertiary/aromatic N) is 2. The smallest absolute Gasteiger partial charge is 0.163 e. The Balaban J connectivity index is 1.93. The molecular formula is C24H36N2O. The summed E-state index contributed by atoms with van der Waals surface area (Å²) in [5, 5.41) is 0. The van der Waals surface area contributed by atoms with E-state index in [9.17, 15) is 0 Å². The van der Waals surface area contributed by atoms with Crippen molar-refractivity contribution in [3.8, 4) is 17.1 Å². The fourth-order valence-electron chi connectivity index (χ4n) is 3.06. The molecule has 2 rings (SSSR count). The third-order valence-electron chi connectivity index (χ3n) is 5.10. The van der Waals surface area contributed by atoms with Crippen molar-refractivity contribution in [3.63, 3.8) is 0 Å². The molecule has 1 aromatic heterocycles. The zero-order valence-corrected chi connectivity index (χ0v) is 17.4. The molecule has 1 atom stereocenters. The van der Waals surface area contributed by atoms with Crippen molar-refractivity contribution in [2.45, 2.75) is 78.6 Å². The molecular weight excluding hydrogens is 332 g/mol. The van der Waals surface area contributed by atoms with Crippen LogP contribution in [0.2, 0.25) is 0 Å². The van der Waals surface area contributed by atoms with Gasteiger partial charge < -0.3 is 4.74 Å². The van der Waals surface area contributed by atoms with Crippen molar-refractivity contribution in [2.75, 3.05) is 6.61 Å². The lowest BCUT2D eigenvalue weighted by Gasteiger charge is -2.14. The number of rotatable bonds is 13. The topological polar surface area (TPSA) is 35.0 Å². The SMILES string of the molecule is CCCCCCCCCc1ccnc(-c2ccccc2OCC(C)CC)n1. The highest BCUT2D eigenvalue weighted by Gasteiger charge is 2.10. The molecule has 27 heavy (non-hydrogen) atoms. The first-order valence-electron chi connectivity index (χ1n) is 10.8. The number of hydrogen-bond acceptors (Lipinski definition) is 3. The van der Waals surface area contributed by atoms with Crippen LogP contribution >= 0.6 is 0 Å². The Morgan fingerprint density at radius 3 is 2.44 bits per heavy atom. The highest BCUT2D eigenvalue weighted by Crippen LogP contribution is 2.28. The van der Waals surface area contributed by atoms with Crippen molar-refractivity contribution in [1.82, 2.24) is 9.97 Å². The van der Waals surface area contributed by atoms with E-state index in [1.807, 2.05) is 30.5 Å². The van der Waals surface area contributed by atoms with Crippen molar-refractivity contribution in [3.05, 3.63) is 42.2 Å². The third-order valence-corrected chi connectivity index (χ3v) is 5.10. The normalized spacial score (nSPS) is 12.1. The van der Waals surface area contributed by atoms with E-state index in [1.54, 1.807) is 0 Å². The lowest BCUT2D eigenvalue weighted by molar-refractivity contribution is 0.257. The molecule has 0 amide bonds. The molecule has 3 heteroatoms. The second kappa shape index (κ2) is 12.5. The summed E-state index contributed by atoms with van der Waals surface area (Å²) in [5.74, 6) is 2.20. The maximum atomic E-state index is 6.05. The fourth-order valence-corrected chi connectivity index (χ4v) is 3.06. The largest absolute Gasteiger partial charge is 0.493 e. The van der Waals surface area contributed by atoms with E-state index >= 15 is 0 Å². The molecule has 1 heterocycles. The zero-order chi connectivity index (χ0) is 19.3. The second-order valence-electron chi connectivity index (χ2n) is 7.56. The molecule has 3 nitrogen and oxygen atoms in total. The average Bonchev–Trinajstić information content (AvgIpc) is 2.71. The summed E-state index contributed by atoms with van der Waals surface area (Å²) in [7, 11) is 0. The van der Waals surface area contributed by atoms with Gasteiger partial charge >= 0.3 is 0 Å². The molecule has 0 saturated heterocycles. The lowest BCUT2D eigenvalue weighted by Crippen LogP contribution is -2.08. The van der Waals surface area contributed by atoms with Crippen LogP contribution in [0.4, 0.5) is 0 Å². The van der Waals surface area contributed by atoms with Gasteiger partial charge in [0.05, 0.1) is 12.2 Å². The summed E-state index contributed by atoms with van der Waals surface area (Å²) in [6, 6.07) is 10.2. The third kappa shape index (κ3) is 7.70. The van der Waals surface area contributed by atoms with Crippen LogP contribution in [-0.4, -0.2) is 16.6 Å². The predicted octanol–water partition coefficient (Wildman–Crippen LogP) is 6.86.